The first-order chi connectivity index (χ1) is 9.56. The molecule has 1 aliphatic rings. The van der Waals surface area contributed by atoms with E-state index < -0.39 is 0 Å². The maximum Gasteiger partial charge on any atom is 0.340 e. The number of nitrogen functional groups attached to an aromatic ring is 1. The summed E-state index contributed by atoms with van der Waals surface area (Å²) in [6.45, 7) is 6.28. The van der Waals surface area contributed by atoms with Gasteiger partial charge in [-0.2, -0.15) is 0 Å². The molecule has 2 rings (SSSR count). The zero-order valence-electron chi connectivity index (χ0n) is 12.6. The fourth-order valence-electron chi connectivity index (χ4n) is 2.95. The standard InChI is InChI=1S/C16H24N2O2/c1-4-5-12-6-7-18(10-12)13-8-11(2)15(17)14(9-13)16(19)20-3/h8-9,12H,4-7,10,17H2,1-3H3. The highest BCUT2D eigenvalue weighted by atomic mass is 16.5. The van der Waals surface area contributed by atoms with Gasteiger partial charge in [0.1, 0.15) is 0 Å². The first-order valence-electron chi connectivity index (χ1n) is 7.30. The summed E-state index contributed by atoms with van der Waals surface area (Å²) in [5, 5.41) is 0. The molecule has 0 aliphatic carbocycles. The minimum Gasteiger partial charge on any atom is -0.465 e. The first-order valence-corrected chi connectivity index (χ1v) is 7.30. The van der Waals surface area contributed by atoms with Crippen LogP contribution in [-0.2, 0) is 4.74 Å². The van der Waals surface area contributed by atoms with E-state index in [1.807, 2.05) is 13.0 Å². The molecule has 20 heavy (non-hydrogen) atoms. The van der Waals surface area contributed by atoms with E-state index in [9.17, 15) is 4.79 Å². The largest absolute Gasteiger partial charge is 0.465 e. The highest BCUT2D eigenvalue weighted by molar-refractivity contribution is 5.97. The maximum atomic E-state index is 11.8. The molecule has 1 saturated heterocycles. The Kier molecular flexibility index (Phi) is 4.53. The van der Waals surface area contributed by atoms with E-state index in [1.165, 1.54) is 26.4 Å². The summed E-state index contributed by atoms with van der Waals surface area (Å²) in [4.78, 5) is 14.1. The molecular formula is C16H24N2O2. The predicted molar refractivity (Wildman–Crippen MR) is 82.2 cm³/mol. The van der Waals surface area contributed by atoms with Crippen molar-refractivity contribution >= 4 is 17.3 Å². The Labute approximate surface area is 120 Å². The van der Waals surface area contributed by atoms with E-state index in [0.29, 0.717) is 11.3 Å². The third-order valence-electron chi connectivity index (χ3n) is 4.12. The lowest BCUT2D eigenvalue weighted by Crippen LogP contribution is -2.20. The van der Waals surface area contributed by atoms with Gasteiger partial charge in [0, 0.05) is 24.5 Å². The maximum absolute atomic E-state index is 11.8. The second-order valence-corrected chi connectivity index (χ2v) is 5.60. The van der Waals surface area contributed by atoms with E-state index in [-0.39, 0.29) is 5.97 Å². The van der Waals surface area contributed by atoms with Gasteiger partial charge >= 0.3 is 5.97 Å². The molecule has 0 spiro atoms. The Balaban J connectivity index is 2.25. The highest BCUT2D eigenvalue weighted by Gasteiger charge is 2.23. The van der Waals surface area contributed by atoms with Crippen molar-refractivity contribution < 1.29 is 9.53 Å². The van der Waals surface area contributed by atoms with Crippen molar-refractivity contribution in [3.8, 4) is 0 Å². The summed E-state index contributed by atoms with van der Waals surface area (Å²) in [6.07, 6.45) is 3.73. The SMILES string of the molecule is CCCC1CCN(c2cc(C)c(N)c(C(=O)OC)c2)C1. The molecule has 1 atom stereocenters. The van der Waals surface area contributed by atoms with Crippen molar-refractivity contribution in [1.29, 1.82) is 0 Å². The Morgan fingerprint density at radius 3 is 2.90 bits per heavy atom. The number of benzene rings is 1. The zero-order valence-corrected chi connectivity index (χ0v) is 12.6. The molecule has 0 aromatic heterocycles. The van der Waals surface area contributed by atoms with Crippen molar-refractivity contribution in [2.24, 2.45) is 5.92 Å². The molecule has 2 N–H and O–H groups in total. The molecule has 1 aromatic rings. The topological polar surface area (TPSA) is 55.6 Å². The quantitative estimate of drug-likeness (QED) is 0.678. The van der Waals surface area contributed by atoms with Crippen LogP contribution >= 0.6 is 0 Å². The molecule has 0 bridgehead atoms. The molecule has 0 radical (unpaired) electrons. The molecule has 1 heterocycles. The fraction of sp³-hybridized carbons (Fsp3) is 0.562. The summed E-state index contributed by atoms with van der Waals surface area (Å²) in [7, 11) is 1.39. The summed E-state index contributed by atoms with van der Waals surface area (Å²) in [5.74, 6) is 0.399. The minimum atomic E-state index is -0.364. The van der Waals surface area contributed by atoms with Crippen LogP contribution in [0.15, 0.2) is 12.1 Å². The van der Waals surface area contributed by atoms with Crippen LogP contribution in [0.4, 0.5) is 11.4 Å². The van der Waals surface area contributed by atoms with E-state index in [0.717, 1.165) is 30.3 Å². The van der Waals surface area contributed by atoms with Gasteiger partial charge in [-0.3, -0.25) is 0 Å². The Bertz CT molecular complexity index is 499. The lowest BCUT2D eigenvalue weighted by atomic mass is 10.0. The highest BCUT2D eigenvalue weighted by Crippen LogP contribution is 2.31. The Hall–Kier alpha value is -1.71. The van der Waals surface area contributed by atoms with Gasteiger partial charge in [0.25, 0.3) is 0 Å². The van der Waals surface area contributed by atoms with Crippen LogP contribution in [0.3, 0.4) is 0 Å². The van der Waals surface area contributed by atoms with Crippen LogP contribution in [0.25, 0.3) is 0 Å². The lowest BCUT2D eigenvalue weighted by molar-refractivity contribution is 0.0602. The summed E-state index contributed by atoms with van der Waals surface area (Å²) < 4.78 is 4.81. The number of hydrogen-bond donors (Lipinski definition) is 1. The van der Waals surface area contributed by atoms with Gasteiger partial charge in [0.15, 0.2) is 0 Å². The molecule has 0 saturated carbocycles. The fourth-order valence-corrected chi connectivity index (χ4v) is 2.95. The second-order valence-electron chi connectivity index (χ2n) is 5.60. The summed E-state index contributed by atoms with van der Waals surface area (Å²) in [5.41, 5.74) is 8.99. The molecule has 110 valence electrons. The number of rotatable bonds is 4. The van der Waals surface area contributed by atoms with Gasteiger partial charge in [-0.25, -0.2) is 4.79 Å². The Morgan fingerprint density at radius 2 is 2.25 bits per heavy atom. The number of carbonyl (C=O) groups excluding carboxylic acids is 1. The normalized spacial score (nSPS) is 18.4. The third-order valence-corrected chi connectivity index (χ3v) is 4.12. The minimum absolute atomic E-state index is 0.364. The second kappa shape index (κ2) is 6.16. The van der Waals surface area contributed by atoms with Crippen LogP contribution in [0.5, 0.6) is 0 Å². The smallest absolute Gasteiger partial charge is 0.340 e. The molecule has 4 nitrogen and oxygen atoms in total. The molecule has 1 unspecified atom stereocenters. The number of nitrogens with two attached hydrogens (primary N) is 1. The first kappa shape index (κ1) is 14.7. The van der Waals surface area contributed by atoms with Crippen molar-refractivity contribution in [3.05, 3.63) is 23.3 Å². The van der Waals surface area contributed by atoms with E-state index in [1.54, 1.807) is 0 Å². The molecule has 1 fully saturated rings. The Morgan fingerprint density at radius 1 is 1.50 bits per heavy atom. The van der Waals surface area contributed by atoms with Gasteiger partial charge in [0.2, 0.25) is 0 Å². The lowest BCUT2D eigenvalue weighted by Gasteiger charge is -2.21. The molecular weight excluding hydrogens is 252 g/mol. The van der Waals surface area contributed by atoms with E-state index in [2.05, 4.69) is 17.9 Å². The number of anilines is 2. The van der Waals surface area contributed by atoms with Crippen LogP contribution in [0, 0.1) is 12.8 Å². The molecule has 4 heteroatoms. The van der Waals surface area contributed by atoms with Crippen molar-refractivity contribution in [3.63, 3.8) is 0 Å². The number of esters is 1. The van der Waals surface area contributed by atoms with Crippen molar-refractivity contribution in [1.82, 2.24) is 0 Å². The predicted octanol–water partition coefficient (Wildman–Crippen LogP) is 2.99. The van der Waals surface area contributed by atoms with Crippen LogP contribution < -0.4 is 10.6 Å². The van der Waals surface area contributed by atoms with E-state index >= 15 is 0 Å². The van der Waals surface area contributed by atoms with Gasteiger partial charge < -0.3 is 15.4 Å². The number of methoxy groups -OCH3 is 1. The van der Waals surface area contributed by atoms with Gasteiger partial charge in [-0.15, -0.1) is 0 Å². The third kappa shape index (κ3) is 2.89. The average molecular weight is 276 g/mol. The number of aryl methyl sites for hydroxylation is 1. The number of ether oxygens (including phenoxy) is 1. The van der Waals surface area contributed by atoms with Gasteiger partial charge in [0.05, 0.1) is 12.7 Å². The van der Waals surface area contributed by atoms with Crippen LogP contribution in [0.1, 0.15) is 42.1 Å². The molecule has 1 aromatic carbocycles. The zero-order chi connectivity index (χ0) is 14.7. The summed E-state index contributed by atoms with van der Waals surface area (Å²) >= 11 is 0. The monoisotopic (exact) mass is 276 g/mol. The van der Waals surface area contributed by atoms with Crippen LogP contribution in [-0.4, -0.2) is 26.2 Å². The van der Waals surface area contributed by atoms with Crippen molar-refractivity contribution in [2.75, 3.05) is 30.8 Å². The molecule has 1 aliphatic heterocycles. The average Bonchev–Trinajstić information content (AvgIpc) is 2.90. The number of hydrogen-bond acceptors (Lipinski definition) is 4. The molecule has 0 amide bonds. The van der Waals surface area contributed by atoms with Crippen LogP contribution in [0.2, 0.25) is 0 Å². The number of nitrogens with zero attached hydrogens (tertiary/aromatic N) is 1. The van der Waals surface area contributed by atoms with E-state index in [4.69, 9.17) is 10.5 Å². The van der Waals surface area contributed by atoms with Gasteiger partial charge in [-0.1, -0.05) is 13.3 Å². The summed E-state index contributed by atoms with van der Waals surface area (Å²) in [6, 6.07) is 3.93. The van der Waals surface area contributed by atoms with Gasteiger partial charge in [-0.05, 0) is 43.4 Å². The van der Waals surface area contributed by atoms with Crippen molar-refractivity contribution in [2.45, 2.75) is 33.1 Å². The number of carbonyl (C=O) groups is 1.